The van der Waals surface area contributed by atoms with E-state index in [9.17, 15) is 30.0 Å². The average molecular weight is 461 g/mol. The predicted octanol–water partition coefficient (Wildman–Crippen LogP) is 3.52. The number of aryl methyl sites for hydroxylation is 1. The molecule has 0 unspecified atom stereocenters. The Bertz CT molecular complexity index is 1160. The van der Waals surface area contributed by atoms with E-state index in [2.05, 4.69) is 0 Å². The molecule has 2 aromatic rings. The number of ether oxygens (including phenoxy) is 1. The Hall–Kier alpha value is -3.00. The number of ketones is 1. The Morgan fingerprint density at radius 3 is 2.33 bits per heavy atom. The quantitative estimate of drug-likeness (QED) is 0.481. The average Bonchev–Trinajstić information content (AvgIpc) is 2.76. The largest absolute Gasteiger partial charge is 0.507 e. The molecule has 8 nitrogen and oxygen atoms in total. The fourth-order valence-corrected chi connectivity index (χ4v) is 4.09. The number of aliphatic hydroxyl groups excluding tert-OH is 1. The molecule has 0 amide bonds. The molecule has 0 saturated heterocycles. The van der Waals surface area contributed by atoms with E-state index in [1.165, 1.54) is 0 Å². The second-order valence-corrected chi connectivity index (χ2v) is 9.25. The summed E-state index contributed by atoms with van der Waals surface area (Å²) < 4.78 is 11.2. The van der Waals surface area contributed by atoms with Crippen molar-refractivity contribution in [3.05, 3.63) is 44.0 Å². The number of hydrogen-bond acceptors (Lipinski definition) is 8. The summed E-state index contributed by atoms with van der Waals surface area (Å²) in [5, 5.41) is 43.4. The number of fused-ring (bicyclic) bond motifs is 1. The third kappa shape index (κ3) is 4.08. The third-order valence-electron chi connectivity index (χ3n) is 6.66. The number of carbonyl (C=O) groups excluding carboxylic acids is 1. The summed E-state index contributed by atoms with van der Waals surface area (Å²) >= 11 is 0. The summed E-state index contributed by atoms with van der Waals surface area (Å²) in [4.78, 5) is 25.8. The second kappa shape index (κ2) is 8.74. The van der Waals surface area contributed by atoms with Crippen molar-refractivity contribution in [2.24, 2.45) is 5.92 Å². The summed E-state index contributed by atoms with van der Waals surface area (Å²) in [6, 6.07) is 0. The zero-order chi connectivity index (χ0) is 24.8. The van der Waals surface area contributed by atoms with Crippen molar-refractivity contribution in [3.8, 4) is 23.0 Å². The SMILES string of the molecule is CCc1oc(=O)c(Cc2c(O)c3c(c(C(=O)[C@@H](C)CC)c2O)OC(C)(C)[C@@H](O)C3)c(O)c1C. The van der Waals surface area contributed by atoms with Gasteiger partial charge in [0, 0.05) is 41.9 Å². The van der Waals surface area contributed by atoms with E-state index in [4.69, 9.17) is 9.15 Å². The molecule has 0 bridgehead atoms. The van der Waals surface area contributed by atoms with Crippen LogP contribution in [0.5, 0.6) is 23.0 Å². The second-order valence-electron chi connectivity index (χ2n) is 9.25. The van der Waals surface area contributed by atoms with Crippen LogP contribution in [0.4, 0.5) is 0 Å². The molecule has 4 N–H and O–H groups in total. The van der Waals surface area contributed by atoms with Gasteiger partial charge in [-0.15, -0.1) is 0 Å². The maximum atomic E-state index is 13.2. The summed E-state index contributed by atoms with van der Waals surface area (Å²) in [7, 11) is 0. The molecule has 0 fully saturated rings. The molecule has 2 heterocycles. The van der Waals surface area contributed by atoms with Gasteiger partial charge in [0.15, 0.2) is 5.78 Å². The van der Waals surface area contributed by atoms with Gasteiger partial charge in [0.05, 0.1) is 11.7 Å². The van der Waals surface area contributed by atoms with Crippen LogP contribution in [-0.4, -0.2) is 37.9 Å². The molecule has 180 valence electrons. The van der Waals surface area contributed by atoms with Gasteiger partial charge in [-0.25, -0.2) is 4.79 Å². The first-order valence-corrected chi connectivity index (χ1v) is 11.2. The van der Waals surface area contributed by atoms with Gasteiger partial charge < -0.3 is 29.6 Å². The predicted molar refractivity (Wildman–Crippen MR) is 122 cm³/mol. The highest BCUT2D eigenvalue weighted by Gasteiger charge is 2.42. The van der Waals surface area contributed by atoms with Crippen LogP contribution in [0.25, 0.3) is 0 Å². The number of aliphatic hydroxyl groups is 1. The fraction of sp³-hybridized carbons (Fsp3) is 0.520. The molecule has 1 aromatic carbocycles. The first-order chi connectivity index (χ1) is 15.3. The molecule has 2 atom stereocenters. The summed E-state index contributed by atoms with van der Waals surface area (Å²) in [5.41, 5.74) is -1.63. The Kier molecular flexibility index (Phi) is 6.53. The Labute approximate surface area is 192 Å². The van der Waals surface area contributed by atoms with E-state index in [1.54, 1.807) is 34.6 Å². The number of hydrogen-bond donors (Lipinski definition) is 4. The molecule has 1 aliphatic heterocycles. The first-order valence-electron chi connectivity index (χ1n) is 11.2. The van der Waals surface area contributed by atoms with Crippen LogP contribution in [0, 0.1) is 12.8 Å². The van der Waals surface area contributed by atoms with Crippen LogP contribution in [-0.2, 0) is 19.3 Å². The van der Waals surface area contributed by atoms with Crippen molar-refractivity contribution in [1.82, 2.24) is 0 Å². The minimum absolute atomic E-state index is 0.0172. The molecule has 0 saturated carbocycles. The van der Waals surface area contributed by atoms with E-state index >= 15 is 0 Å². The van der Waals surface area contributed by atoms with Crippen molar-refractivity contribution in [3.63, 3.8) is 0 Å². The molecule has 0 radical (unpaired) electrons. The monoisotopic (exact) mass is 460 g/mol. The Morgan fingerprint density at radius 1 is 1.12 bits per heavy atom. The highest BCUT2D eigenvalue weighted by atomic mass is 16.5. The van der Waals surface area contributed by atoms with Crippen molar-refractivity contribution in [1.29, 1.82) is 0 Å². The topological polar surface area (TPSA) is 137 Å². The van der Waals surface area contributed by atoms with Crippen LogP contribution in [0.2, 0.25) is 0 Å². The van der Waals surface area contributed by atoms with Crippen molar-refractivity contribution >= 4 is 5.78 Å². The fourth-order valence-electron chi connectivity index (χ4n) is 4.09. The number of Topliss-reactive ketones (excluding diaryl/α,β-unsaturated/α-hetero) is 1. The Balaban J connectivity index is 2.29. The van der Waals surface area contributed by atoms with Crippen LogP contribution < -0.4 is 10.4 Å². The lowest BCUT2D eigenvalue weighted by Gasteiger charge is -2.38. The van der Waals surface area contributed by atoms with Gasteiger partial charge in [-0.05, 0) is 27.2 Å². The third-order valence-corrected chi connectivity index (χ3v) is 6.66. The lowest BCUT2D eigenvalue weighted by Crippen LogP contribution is -2.46. The highest BCUT2D eigenvalue weighted by molar-refractivity contribution is 6.04. The van der Waals surface area contributed by atoms with Gasteiger partial charge in [-0.1, -0.05) is 20.8 Å². The zero-order valence-electron chi connectivity index (χ0n) is 19.9. The molecule has 1 aliphatic rings. The molecule has 33 heavy (non-hydrogen) atoms. The van der Waals surface area contributed by atoms with Crippen LogP contribution >= 0.6 is 0 Å². The van der Waals surface area contributed by atoms with E-state index in [0.29, 0.717) is 24.2 Å². The first kappa shape index (κ1) is 24.6. The van der Waals surface area contributed by atoms with E-state index < -0.39 is 34.7 Å². The highest BCUT2D eigenvalue weighted by Crippen LogP contribution is 2.49. The van der Waals surface area contributed by atoms with Gasteiger partial charge in [0.2, 0.25) is 0 Å². The number of carbonyl (C=O) groups is 1. The summed E-state index contributed by atoms with van der Waals surface area (Å²) in [5.74, 6) is -1.65. The molecule has 8 heteroatoms. The van der Waals surface area contributed by atoms with Gasteiger partial charge in [-0.2, -0.15) is 0 Å². The molecular weight excluding hydrogens is 428 g/mol. The lowest BCUT2D eigenvalue weighted by molar-refractivity contribution is -0.0423. The normalized spacial score (nSPS) is 17.8. The summed E-state index contributed by atoms with van der Waals surface area (Å²) in [6.07, 6.45) is -0.453. The van der Waals surface area contributed by atoms with Crippen LogP contribution in [0.1, 0.15) is 79.4 Å². The standard InChI is InChI=1S/C25H32O8/c1-7-11(3)19(27)18-22(30)13(9-15-20(28)12(4)16(8-2)32-24(15)31)21(29)14-10-17(26)25(5,6)33-23(14)18/h11,17,26,28-30H,7-10H2,1-6H3/t11-,17-/m0/s1. The minimum Gasteiger partial charge on any atom is -0.507 e. The molecule has 1 aromatic heterocycles. The number of benzene rings is 1. The minimum atomic E-state index is -1.05. The van der Waals surface area contributed by atoms with Crippen LogP contribution in [0.15, 0.2) is 9.21 Å². The maximum absolute atomic E-state index is 13.2. The van der Waals surface area contributed by atoms with Gasteiger partial charge >= 0.3 is 5.63 Å². The lowest BCUT2D eigenvalue weighted by atomic mass is 9.84. The number of aromatic hydroxyl groups is 3. The number of phenolic OH excluding ortho intramolecular Hbond substituents is 2. The van der Waals surface area contributed by atoms with E-state index in [0.717, 1.165) is 0 Å². The van der Waals surface area contributed by atoms with Crippen LogP contribution in [0.3, 0.4) is 0 Å². The Morgan fingerprint density at radius 2 is 1.76 bits per heavy atom. The molecule has 0 aliphatic carbocycles. The molecule has 0 spiro atoms. The van der Waals surface area contributed by atoms with Gasteiger partial charge in [-0.3, -0.25) is 4.79 Å². The zero-order valence-corrected chi connectivity index (χ0v) is 19.9. The number of phenols is 2. The smallest absolute Gasteiger partial charge is 0.343 e. The molecular formula is C25H32O8. The van der Waals surface area contributed by atoms with E-state index in [-0.39, 0.29) is 52.4 Å². The summed E-state index contributed by atoms with van der Waals surface area (Å²) in [6.45, 7) is 10.3. The van der Waals surface area contributed by atoms with Crippen molar-refractivity contribution in [2.45, 2.75) is 78.9 Å². The van der Waals surface area contributed by atoms with Crippen molar-refractivity contribution < 1.29 is 34.4 Å². The van der Waals surface area contributed by atoms with Gasteiger partial charge in [0.1, 0.15) is 39.9 Å². The number of rotatable bonds is 6. The van der Waals surface area contributed by atoms with E-state index in [1.807, 2.05) is 6.92 Å². The van der Waals surface area contributed by atoms with Gasteiger partial charge in [0.25, 0.3) is 0 Å². The maximum Gasteiger partial charge on any atom is 0.343 e. The van der Waals surface area contributed by atoms with Crippen molar-refractivity contribution in [2.75, 3.05) is 0 Å². The molecule has 3 rings (SSSR count).